The van der Waals surface area contributed by atoms with Crippen LogP contribution in [0.5, 0.6) is 0 Å². The fourth-order valence-electron chi connectivity index (χ4n) is 0.776. The van der Waals surface area contributed by atoms with Crippen LogP contribution >= 0.6 is 15.9 Å². The van der Waals surface area contributed by atoms with E-state index in [2.05, 4.69) is 21.2 Å². The summed E-state index contributed by atoms with van der Waals surface area (Å²) in [5.74, 6) is -4.64. The average molecular weight is 268 g/mol. The Balaban J connectivity index is 2.46. The van der Waals surface area contributed by atoms with Gasteiger partial charge in [-0.05, 0) is 22.0 Å². The Morgan fingerprint density at radius 1 is 1.71 bits per heavy atom. The fourth-order valence-corrected chi connectivity index (χ4v) is 1.16. The number of furan rings is 1. The number of amides is 1. The normalized spacial score (nSPS) is 11.4. The van der Waals surface area contributed by atoms with E-state index in [9.17, 15) is 13.6 Å². The summed E-state index contributed by atoms with van der Waals surface area (Å²) in [6.07, 6.45) is 1.37. The molecule has 0 aliphatic heterocycles. The highest BCUT2D eigenvalue weighted by molar-refractivity contribution is 9.10. The first-order chi connectivity index (χ1) is 6.39. The van der Waals surface area contributed by atoms with Gasteiger partial charge in [0.2, 0.25) is 0 Å². The SMILES string of the molecule is CC(F)(F)C(=O)NCc1coc(Br)c1. The molecule has 0 aliphatic carbocycles. The van der Waals surface area contributed by atoms with Gasteiger partial charge in [0.25, 0.3) is 5.91 Å². The molecule has 0 spiro atoms. The molecule has 14 heavy (non-hydrogen) atoms. The van der Waals surface area contributed by atoms with Crippen LogP contribution in [0.4, 0.5) is 8.78 Å². The quantitative estimate of drug-likeness (QED) is 0.914. The number of halogens is 3. The molecule has 0 radical (unpaired) electrons. The lowest BCUT2D eigenvalue weighted by Crippen LogP contribution is -2.37. The van der Waals surface area contributed by atoms with Crippen LogP contribution in [0, 0.1) is 0 Å². The number of nitrogens with one attached hydrogen (secondary N) is 1. The number of rotatable bonds is 3. The summed E-state index contributed by atoms with van der Waals surface area (Å²) >= 11 is 3.05. The van der Waals surface area contributed by atoms with Crippen molar-refractivity contribution in [3.8, 4) is 0 Å². The van der Waals surface area contributed by atoms with Crippen molar-refractivity contribution in [3.63, 3.8) is 0 Å². The molecule has 1 N–H and O–H groups in total. The Morgan fingerprint density at radius 3 is 2.79 bits per heavy atom. The van der Waals surface area contributed by atoms with Crippen molar-refractivity contribution in [2.24, 2.45) is 0 Å². The van der Waals surface area contributed by atoms with Gasteiger partial charge in [0.1, 0.15) is 0 Å². The molecule has 0 unspecified atom stereocenters. The van der Waals surface area contributed by atoms with Gasteiger partial charge < -0.3 is 9.73 Å². The summed E-state index contributed by atoms with van der Waals surface area (Å²) in [4.78, 5) is 10.7. The zero-order valence-corrected chi connectivity index (χ0v) is 8.90. The predicted molar refractivity (Wildman–Crippen MR) is 48.9 cm³/mol. The summed E-state index contributed by atoms with van der Waals surface area (Å²) in [7, 11) is 0. The summed E-state index contributed by atoms with van der Waals surface area (Å²) in [5, 5.41) is 2.08. The van der Waals surface area contributed by atoms with Crippen molar-refractivity contribution in [1.29, 1.82) is 0 Å². The molecule has 0 fully saturated rings. The van der Waals surface area contributed by atoms with Crippen molar-refractivity contribution >= 4 is 21.8 Å². The zero-order chi connectivity index (χ0) is 10.8. The topological polar surface area (TPSA) is 42.2 Å². The van der Waals surface area contributed by atoms with Crippen LogP contribution in [0.15, 0.2) is 21.4 Å². The first kappa shape index (κ1) is 11.2. The zero-order valence-electron chi connectivity index (χ0n) is 7.31. The maximum atomic E-state index is 12.4. The van der Waals surface area contributed by atoms with E-state index in [0.717, 1.165) is 0 Å². The van der Waals surface area contributed by atoms with Crippen molar-refractivity contribution in [2.45, 2.75) is 19.4 Å². The highest BCUT2D eigenvalue weighted by atomic mass is 79.9. The van der Waals surface area contributed by atoms with Crippen LogP contribution in [0.25, 0.3) is 0 Å². The number of hydrogen-bond acceptors (Lipinski definition) is 2. The third-order valence-corrected chi connectivity index (χ3v) is 1.89. The van der Waals surface area contributed by atoms with Gasteiger partial charge in [0.05, 0.1) is 6.26 Å². The molecule has 1 amide bonds. The molecule has 0 saturated heterocycles. The van der Waals surface area contributed by atoms with Gasteiger partial charge in [-0.2, -0.15) is 8.78 Å². The standard InChI is InChI=1S/C8H8BrF2NO2/c1-8(10,11)7(13)12-3-5-2-6(9)14-4-5/h2,4H,3H2,1H3,(H,12,13). The molecule has 78 valence electrons. The number of hydrogen-bond donors (Lipinski definition) is 1. The lowest BCUT2D eigenvalue weighted by Gasteiger charge is -2.09. The van der Waals surface area contributed by atoms with Crippen LogP contribution in [-0.4, -0.2) is 11.8 Å². The smallest absolute Gasteiger partial charge is 0.321 e. The van der Waals surface area contributed by atoms with Crippen LogP contribution in [-0.2, 0) is 11.3 Å². The van der Waals surface area contributed by atoms with E-state index in [0.29, 0.717) is 17.2 Å². The summed E-state index contributed by atoms with van der Waals surface area (Å²) in [6, 6.07) is 1.59. The van der Waals surface area contributed by atoms with E-state index in [1.54, 1.807) is 6.07 Å². The Kier molecular flexibility index (Phi) is 3.25. The second-order valence-electron chi connectivity index (χ2n) is 2.83. The van der Waals surface area contributed by atoms with E-state index >= 15 is 0 Å². The van der Waals surface area contributed by atoms with Crippen LogP contribution in [0.1, 0.15) is 12.5 Å². The third-order valence-electron chi connectivity index (χ3n) is 1.47. The first-order valence-electron chi connectivity index (χ1n) is 3.78. The van der Waals surface area contributed by atoms with E-state index in [1.807, 2.05) is 0 Å². The Bertz CT molecular complexity index is 332. The monoisotopic (exact) mass is 267 g/mol. The first-order valence-corrected chi connectivity index (χ1v) is 4.58. The molecule has 3 nitrogen and oxygen atoms in total. The van der Waals surface area contributed by atoms with E-state index in [1.165, 1.54) is 6.26 Å². The number of carbonyl (C=O) groups excluding carboxylic acids is 1. The summed E-state index contributed by atoms with van der Waals surface area (Å²) in [6.45, 7) is 0.574. The van der Waals surface area contributed by atoms with E-state index < -0.39 is 11.8 Å². The molecule has 0 saturated carbocycles. The van der Waals surface area contributed by atoms with Crippen molar-refractivity contribution < 1.29 is 18.0 Å². The molecule has 1 heterocycles. The number of alkyl halides is 2. The predicted octanol–water partition coefficient (Wildman–Crippen LogP) is 2.31. The van der Waals surface area contributed by atoms with Gasteiger partial charge in [-0.1, -0.05) is 0 Å². The lowest BCUT2D eigenvalue weighted by molar-refractivity contribution is -0.143. The molecule has 1 aromatic rings. The van der Waals surface area contributed by atoms with Gasteiger partial charge in [0, 0.05) is 19.0 Å². The Labute approximate surface area is 87.6 Å². The van der Waals surface area contributed by atoms with Crippen LogP contribution in [0.2, 0.25) is 0 Å². The maximum Gasteiger partial charge on any atom is 0.321 e. The largest absolute Gasteiger partial charge is 0.457 e. The molecule has 6 heteroatoms. The van der Waals surface area contributed by atoms with Crippen molar-refractivity contribution in [3.05, 3.63) is 22.6 Å². The van der Waals surface area contributed by atoms with Gasteiger partial charge in [-0.15, -0.1) is 0 Å². The molecular weight excluding hydrogens is 260 g/mol. The molecule has 1 aromatic heterocycles. The average Bonchev–Trinajstić information content (AvgIpc) is 2.45. The minimum absolute atomic E-state index is 0.0252. The lowest BCUT2D eigenvalue weighted by atomic mass is 10.3. The third kappa shape index (κ3) is 3.10. The summed E-state index contributed by atoms with van der Waals surface area (Å²) in [5.41, 5.74) is 0.620. The van der Waals surface area contributed by atoms with Gasteiger partial charge >= 0.3 is 5.92 Å². The molecule has 1 rings (SSSR count). The van der Waals surface area contributed by atoms with Crippen LogP contribution < -0.4 is 5.32 Å². The van der Waals surface area contributed by atoms with Crippen molar-refractivity contribution in [1.82, 2.24) is 5.32 Å². The summed E-state index contributed by atoms with van der Waals surface area (Å²) < 4.78 is 30.1. The molecule has 0 aromatic carbocycles. The van der Waals surface area contributed by atoms with Crippen molar-refractivity contribution in [2.75, 3.05) is 0 Å². The molecular formula is C8H8BrF2NO2. The molecule has 0 aliphatic rings. The Morgan fingerprint density at radius 2 is 2.36 bits per heavy atom. The number of carbonyl (C=O) groups is 1. The van der Waals surface area contributed by atoms with Crippen LogP contribution in [0.3, 0.4) is 0 Å². The minimum Gasteiger partial charge on any atom is -0.457 e. The fraction of sp³-hybridized carbons (Fsp3) is 0.375. The maximum absolute atomic E-state index is 12.4. The van der Waals surface area contributed by atoms with E-state index in [4.69, 9.17) is 4.42 Å². The second-order valence-corrected chi connectivity index (χ2v) is 3.61. The van der Waals surface area contributed by atoms with Gasteiger partial charge in [-0.25, -0.2) is 0 Å². The van der Waals surface area contributed by atoms with E-state index in [-0.39, 0.29) is 6.54 Å². The molecule has 0 bridgehead atoms. The van der Waals surface area contributed by atoms with Gasteiger partial charge in [0.15, 0.2) is 4.67 Å². The molecule has 0 atom stereocenters. The van der Waals surface area contributed by atoms with Gasteiger partial charge in [-0.3, -0.25) is 4.79 Å². The Hall–Kier alpha value is -0.910. The highest BCUT2D eigenvalue weighted by Gasteiger charge is 2.31. The highest BCUT2D eigenvalue weighted by Crippen LogP contribution is 2.15. The second kappa shape index (κ2) is 4.08. The minimum atomic E-state index is -3.35.